The van der Waals surface area contributed by atoms with Gasteiger partial charge in [-0.15, -0.1) is 0 Å². The van der Waals surface area contributed by atoms with Gasteiger partial charge in [-0.05, 0) is 38.8 Å². The maximum Gasteiger partial charge on any atom is 0.0573 e. The molecule has 0 spiro atoms. The molecule has 0 aromatic heterocycles. The lowest BCUT2D eigenvalue weighted by atomic mass is 9.84. The standard InChI is InChI=1S/C14H22N2O/c1-11-8-14(10-15,9-12(2)17-11)16-13-6-4-3-5-7-13/h3-7,11-12,16H,8-10,15H2,1-2H3. The molecular weight excluding hydrogens is 212 g/mol. The number of nitrogens with one attached hydrogen (secondary N) is 1. The summed E-state index contributed by atoms with van der Waals surface area (Å²) in [6, 6.07) is 10.3. The average molecular weight is 234 g/mol. The Morgan fingerprint density at radius 2 is 1.82 bits per heavy atom. The number of para-hydroxylation sites is 1. The zero-order valence-corrected chi connectivity index (χ0v) is 10.6. The number of benzene rings is 1. The van der Waals surface area contributed by atoms with Crippen LogP contribution in [0.3, 0.4) is 0 Å². The molecule has 3 heteroatoms. The van der Waals surface area contributed by atoms with Crippen molar-refractivity contribution in [3.8, 4) is 0 Å². The molecule has 1 aliphatic rings. The van der Waals surface area contributed by atoms with Crippen LogP contribution in [0.2, 0.25) is 0 Å². The minimum atomic E-state index is -0.0293. The quantitative estimate of drug-likeness (QED) is 0.844. The minimum absolute atomic E-state index is 0.0293. The number of ether oxygens (including phenoxy) is 1. The third-order valence-corrected chi connectivity index (χ3v) is 3.40. The first-order valence-corrected chi connectivity index (χ1v) is 6.32. The van der Waals surface area contributed by atoms with Crippen molar-refractivity contribution in [2.24, 2.45) is 5.73 Å². The zero-order valence-electron chi connectivity index (χ0n) is 10.6. The lowest BCUT2D eigenvalue weighted by Gasteiger charge is -2.43. The average Bonchev–Trinajstić information content (AvgIpc) is 2.29. The van der Waals surface area contributed by atoms with E-state index in [0.717, 1.165) is 18.5 Å². The summed E-state index contributed by atoms with van der Waals surface area (Å²) >= 11 is 0. The van der Waals surface area contributed by atoms with E-state index in [-0.39, 0.29) is 17.7 Å². The van der Waals surface area contributed by atoms with Crippen molar-refractivity contribution < 1.29 is 4.74 Å². The number of anilines is 1. The summed E-state index contributed by atoms with van der Waals surface area (Å²) in [5.74, 6) is 0. The molecule has 3 nitrogen and oxygen atoms in total. The fraction of sp³-hybridized carbons (Fsp3) is 0.571. The van der Waals surface area contributed by atoms with Crippen molar-refractivity contribution in [1.82, 2.24) is 0 Å². The number of hydrogen-bond donors (Lipinski definition) is 2. The van der Waals surface area contributed by atoms with E-state index in [4.69, 9.17) is 10.5 Å². The van der Waals surface area contributed by atoms with Gasteiger partial charge in [0.1, 0.15) is 0 Å². The van der Waals surface area contributed by atoms with Gasteiger partial charge in [0.2, 0.25) is 0 Å². The molecule has 1 aromatic rings. The van der Waals surface area contributed by atoms with E-state index in [0.29, 0.717) is 6.54 Å². The Balaban J connectivity index is 2.14. The lowest BCUT2D eigenvalue weighted by Crippen LogP contribution is -2.53. The Morgan fingerprint density at radius 3 is 2.35 bits per heavy atom. The third-order valence-electron chi connectivity index (χ3n) is 3.40. The molecule has 17 heavy (non-hydrogen) atoms. The fourth-order valence-electron chi connectivity index (χ4n) is 2.82. The molecule has 1 aliphatic heterocycles. The maximum atomic E-state index is 5.99. The molecule has 1 fully saturated rings. The Morgan fingerprint density at radius 1 is 1.24 bits per heavy atom. The van der Waals surface area contributed by atoms with Crippen molar-refractivity contribution in [2.75, 3.05) is 11.9 Å². The highest BCUT2D eigenvalue weighted by atomic mass is 16.5. The van der Waals surface area contributed by atoms with E-state index < -0.39 is 0 Å². The second-order valence-corrected chi connectivity index (χ2v) is 5.14. The topological polar surface area (TPSA) is 47.3 Å². The van der Waals surface area contributed by atoms with Crippen LogP contribution >= 0.6 is 0 Å². The summed E-state index contributed by atoms with van der Waals surface area (Å²) in [5.41, 5.74) is 7.10. The third kappa shape index (κ3) is 2.99. The minimum Gasteiger partial charge on any atom is -0.378 e. The van der Waals surface area contributed by atoms with E-state index in [9.17, 15) is 0 Å². The van der Waals surface area contributed by atoms with Gasteiger partial charge in [-0.2, -0.15) is 0 Å². The van der Waals surface area contributed by atoms with Crippen LogP contribution in [-0.2, 0) is 4.74 Å². The van der Waals surface area contributed by atoms with Crippen molar-refractivity contribution in [3.63, 3.8) is 0 Å². The van der Waals surface area contributed by atoms with E-state index in [2.05, 4.69) is 31.3 Å². The van der Waals surface area contributed by atoms with Crippen LogP contribution in [0.25, 0.3) is 0 Å². The van der Waals surface area contributed by atoms with E-state index in [1.807, 2.05) is 18.2 Å². The summed E-state index contributed by atoms with van der Waals surface area (Å²) in [7, 11) is 0. The predicted octanol–water partition coefficient (Wildman–Crippen LogP) is 2.38. The first-order chi connectivity index (χ1) is 8.13. The van der Waals surface area contributed by atoms with E-state index >= 15 is 0 Å². The number of nitrogens with two attached hydrogens (primary N) is 1. The Hall–Kier alpha value is -1.06. The van der Waals surface area contributed by atoms with Gasteiger partial charge in [0.05, 0.1) is 17.7 Å². The summed E-state index contributed by atoms with van der Waals surface area (Å²) in [6.45, 7) is 4.87. The highest BCUT2D eigenvalue weighted by molar-refractivity contribution is 5.45. The second-order valence-electron chi connectivity index (χ2n) is 5.14. The van der Waals surface area contributed by atoms with E-state index in [1.54, 1.807) is 0 Å². The normalized spacial score (nSPS) is 33.4. The SMILES string of the molecule is CC1CC(CN)(Nc2ccccc2)CC(C)O1. The molecule has 0 aliphatic carbocycles. The van der Waals surface area contributed by atoms with Crippen molar-refractivity contribution >= 4 is 5.69 Å². The number of rotatable bonds is 3. The molecule has 94 valence electrons. The van der Waals surface area contributed by atoms with Gasteiger partial charge in [0.15, 0.2) is 0 Å². The highest BCUT2D eigenvalue weighted by Crippen LogP contribution is 2.31. The first-order valence-electron chi connectivity index (χ1n) is 6.32. The van der Waals surface area contributed by atoms with E-state index in [1.165, 1.54) is 0 Å². The molecule has 1 saturated heterocycles. The Bertz CT molecular complexity index is 342. The van der Waals surface area contributed by atoms with Gasteiger partial charge < -0.3 is 15.8 Å². The van der Waals surface area contributed by atoms with Gasteiger partial charge in [-0.25, -0.2) is 0 Å². The monoisotopic (exact) mass is 234 g/mol. The van der Waals surface area contributed by atoms with Gasteiger partial charge in [0.25, 0.3) is 0 Å². The van der Waals surface area contributed by atoms with Crippen LogP contribution in [0.15, 0.2) is 30.3 Å². The molecule has 3 N–H and O–H groups in total. The molecular formula is C14H22N2O. The van der Waals surface area contributed by atoms with Crippen LogP contribution < -0.4 is 11.1 Å². The first kappa shape index (κ1) is 12.4. The molecule has 1 aromatic carbocycles. The molecule has 0 bridgehead atoms. The van der Waals surface area contributed by atoms with Crippen molar-refractivity contribution in [1.29, 1.82) is 0 Å². The smallest absolute Gasteiger partial charge is 0.0573 e. The number of hydrogen-bond acceptors (Lipinski definition) is 3. The zero-order chi connectivity index (χ0) is 12.3. The molecule has 2 rings (SSSR count). The fourth-order valence-corrected chi connectivity index (χ4v) is 2.82. The van der Waals surface area contributed by atoms with Crippen LogP contribution in [0, 0.1) is 0 Å². The molecule has 2 atom stereocenters. The molecule has 2 unspecified atom stereocenters. The van der Waals surface area contributed by atoms with Gasteiger partial charge >= 0.3 is 0 Å². The van der Waals surface area contributed by atoms with Gasteiger partial charge in [0, 0.05) is 12.2 Å². The molecule has 0 radical (unpaired) electrons. The largest absolute Gasteiger partial charge is 0.378 e. The van der Waals surface area contributed by atoms with Gasteiger partial charge in [-0.1, -0.05) is 18.2 Å². The summed E-state index contributed by atoms with van der Waals surface area (Å²) in [4.78, 5) is 0. The summed E-state index contributed by atoms with van der Waals surface area (Å²) in [5, 5.41) is 3.60. The molecule has 0 saturated carbocycles. The van der Waals surface area contributed by atoms with Gasteiger partial charge in [-0.3, -0.25) is 0 Å². The Kier molecular flexibility index (Phi) is 3.69. The molecule has 0 amide bonds. The Labute approximate surface area is 103 Å². The van der Waals surface area contributed by atoms with Crippen LogP contribution in [0.1, 0.15) is 26.7 Å². The highest BCUT2D eigenvalue weighted by Gasteiger charge is 2.37. The second kappa shape index (κ2) is 5.07. The lowest BCUT2D eigenvalue weighted by molar-refractivity contribution is -0.0536. The maximum absolute atomic E-state index is 5.99. The van der Waals surface area contributed by atoms with Crippen LogP contribution in [-0.4, -0.2) is 24.3 Å². The van der Waals surface area contributed by atoms with Crippen LogP contribution in [0.5, 0.6) is 0 Å². The molecule has 1 heterocycles. The van der Waals surface area contributed by atoms with Crippen molar-refractivity contribution in [3.05, 3.63) is 30.3 Å². The van der Waals surface area contributed by atoms with Crippen LogP contribution in [0.4, 0.5) is 5.69 Å². The van der Waals surface area contributed by atoms with Crippen molar-refractivity contribution in [2.45, 2.75) is 44.4 Å². The summed E-state index contributed by atoms with van der Waals surface area (Å²) in [6.07, 6.45) is 2.45. The predicted molar refractivity (Wildman–Crippen MR) is 71.1 cm³/mol. The summed E-state index contributed by atoms with van der Waals surface area (Å²) < 4.78 is 5.79.